The number of carbonyl (C=O) groups excluding carboxylic acids is 5. The number of amides is 5. The van der Waals surface area contributed by atoms with Gasteiger partial charge in [-0.3, -0.25) is 56.4 Å². The van der Waals surface area contributed by atoms with Gasteiger partial charge in [0, 0.05) is 48.7 Å². The first-order valence-electron chi connectivity index (χ1n) is 24.5. The zero-order valence-electron chi connectivity index (χ0n) is 41.7. The van der Waals surface area contributed by atoms with Crippen LogP contribution in [0.4, 0.5) is 20.3 Å². The molecule has 0 aliphatic carbocycles. The van der Waals surface area contributed by atoms with Crippen LogP contribution in [0.15, 0.2) is 66.4 Å². The van der Waals surface area contributed by atoms with Crippen molar-refractivity contribution in [3.63, 3.8) is 0 Å². The first kappa shape index (κ1) is 56.4. The van der Waals surface area contributed by atoms with Gasteiger partial charge in [-0.1, -0.05) is 32.4 Å². The Morgan fingerprint density at radius 3 is 2.41 bits per heavy atom. The number of unbranched alkanes of at least 4 members (excludes halogenated alkanes) is 2. The van der Waals surface area contributed by atoms with E-state index in [0.29, 0.717) is 36.2 Å². The molecule has 32 heteroatoms. The lowest BCUT2D eigenvalue weighted by atomic mass is 10.0. The van der Waals surface area contributed by atoms with Gasteiger partial charge in [0.2, 0.25) is 17.7 Å². The van der Waals surface area contributed by atoms with E-state index in [-0.39, 0.29) is 70.7 Å². The summed E-state index contributed by atoms with van der Waals surface area (Å²) in [6, 6.07) is 4.09. The highest BCUT2D eigenvalue weighted by atomic mass is 32.7. The number of carbonyl (C=O) groups is 5. The van der Waals surface area contributed by atoms with E-state index in [1.807, 2.05) is 0 Å². The van der Waals surface area contributed by atoms with Crippen molar-refractivity contribution in [3.05, 3.63) is 83.3 Å². The molecule has 78 heavy (non-hydrogen) atoms. The molecule has 4 aliphatic heterocycles. The molecule has 0 radical (unpaired) electrons. The molecule has 3 unspecified atom stereocenters. The van der Waals surface area contributed by atoms with Crippen LogP contribution in [0.1, 0.15) is 64.5 Å². The predicted molar refractivity (Wildman–Crippen MR) is 272 cm³/mol. The van der Waals surface area contributed by atoms with Gasteiger partial charge in [-0.05, 0) is 54.8 Å². The largest absolute Gasteiger partial charge is 0.390 e. The zero-order valence-corrected chi connectivity index (χ0v) is 44.4. The number of H-pyrrole nitrogens is 1. The van der Waals surface area contributed by atoms with E-state index in [2.05, 4.69) is 40.9 Å². The number of hydrogen-bond donors (Lipinski definition) is 7. The van der Waals surface area contributed by atoms with Gasteiger partial charge in [-0.2, -0.15) is 0 Å². The number of imide groups is 1. The Morgan fingerprint density at radius 1 is 0.936 bits per heavy atom. The first-order valence-corrected chi connectivity index (χ1v) is 29.4. The Hall–Kier alpha value is -6.33. The lowest BCUT2D eigenvalue weighted by Gasteiger charge is -2.29. The van der Waals surface area contributed by atoms with Crippen LogP contribution in [0, 0.1) is 17.7 Å². The van der Waals surface area contributed by atoms with E-state index in [1.165, 1.54) is 31.2 Å². The minimum atomic E-state index is -5.05. The summed E-state index contributed by atoms with van der Waals surface area (Å²) >= 11 is 0.555. The number of nitrogens with zero attached hydrogens (tertiary/aromatic N) is 7. The highest BCUT2D eigenvalue weighted by Gasteiger charge is 2.56. The second kappa shape index (κ2) is 23.2. The fourth-order valence-corrected chi connectivity index (χ4v) is 14.1. The summed E-state index contributed by atoms with van der Waals surface area (Å²) in [6.45, 7) is -0.311. The quantitative estimate of drug-likeness (QED) is 0.0399. The maximum absolute atomic E-state index is 17.0. The third-order valence-corrected chi connectivity index (χ3v) is 18.4. The molecular weight excluding hydrogens is 1090 g/mol. The Bertz CT molecular complexity index is 3290. The summed E-state index contributed by atoms with van der Waals surface area (Å²) in [5.74, 6) is -5.35. The van der Waals surface area contributed by atoms with Crippen LogP contribution in [0.2, 0.25) is 0 Å². The van der Waals surface area contributed by atoms with Crippen molar-refractivity contribution >= 4 is 89.0 Å². The molecule has 4 aromatic heterocycles. The number of hydrogen-bond acceptors (Lipinski definition) is 20. The van der Waals surface area contributed by atoms with Crippen molar-refractivity contribution in [3.8, 4) is 0 Å². The monoisotopic (exact) mass is 1150 g/mol. The number of nitrogen functional groups attached to an aromatic ring is 1. The van der Waals surface area contributed by atoms with Crippen molar-refractivity contribution < 1.29 is 74.9 Å². The Kier molecular flexibility index (Phi) is 16.8. The van der Waals surface area contributed by atoms with Crippen LogP contribution in [0.3, 0.4) is 0 Å². The molecule has 27 nitrogen and oxygen atoms in total. The average molecular weight is 1150 g/mol. The number of halogens is 2. The smallest absolute Gasteiger partial charge is 0.390 e. The van der Waals surface area contributed by atoms with Gasteiger partial charge >= 0.3 is 14.4 Å². The fraction of sp³-hybridized carbons (Fsp3) is 0.478. The molecule has 2 bridgehead atoms. The lowest BCUT2D eigenvalue weighted by molar-refractivity contribution is -0.137. The summed E-state index contributed by atoms with van der Waals surface area (Å²) in [6.07, 6.45) is -5.64. The minimum absolute atomic E-state index is 0.000330. The van der Waals surface area contributed by atoms with Gasteiger partial charge in [-0.25, -0.2) is 33.3 Å². The fourth-order valence-electron chi connectivity index (χ4n) is 9.23. The molecule has 8 N–H and O–H groups in total. The standard InChI is InChI=1S/C46H54F2N12O15P2S/c1-22(2)34(57-29(61)7-5-4-6-14-58-30(62)12-13-31(58)63)43(67)55-23(3)41(65)56-25-10-8-24(9-11-25)18-78-77(70)71-16-28-36(64)26(44(72-28)59-15-27(47)32-39(59)51-20-53-42(32)66)17-76(68,69)75-46-37(74-77)33(48)45(73-46)60-21-54-35-38(49)50-19-52-40(35)60/h8-13,15,19-23,26,28,33-34,36-37,44-46,64H,4-7,14,16-18H2,1-3H3,(H,55,67)(H,56,65)(H,57,61)(H,68,69)(H2,49,50,52)(H,51,53,66)/t23-,26+,28+,33+,34?,36-,37-,44+,45+,46+,77?/m0/s1. The number of aliphatic hydroxyl groups is 1. The topological polar surface area (TPSA) is 366 Å². The molecule has 5 amide bonds. The van der Waals surface area contributed by atoms with Crippen LogP contribution in [0.25, 0.3) is 22.2 Å². The van der Waals surface area contributed by atoms with Gasteiger partial charge in [-0.15, -0.1) is 0 Å². The van der Waals surface area contributed by atoms with Crippen LogP contribution in [-0.2, 0) is 61.9 Å². The molecule has 1 aromatic carbocycles. The SMILES string of the molecule is CC(C)C(NC(=O)CCCCCN1C(=O)C=CC1=O)C(=O)N[C@@H](C)C(=O)Nc1ccc(CSP2(=O)OC[C@H]3O[C@@H](n4cc(F)c5c(=O)[nH]cnc54)[C@H](CP(=O)(O)O[C@H]4O[C@@H](n5cnc6c(N)ncnc65)[C@H](F)[C@@H]4O2)[C@@H]3O)cc1. The van der Waals surface area contributed by atoms with Crippen LogP contribution in [-0.4, -0.2) is 141 Å². The first-order chi connectivity index (χ1) is 37.1. The average Bonchev–Trinajstić information content (AvgIpc) is 4.33. The second-order valence-electron chi connectivity index (χ2n) is 19.1. The summed E-state index contributed by atoms with van der Waals surface area (Å²) in [5, 5.41) is 19.3. The summed E-state index contributed by atoms with van der Waals surface area (Å²) in [4.78, 5) is 107. The van der Waals surface area contributed by atoms with Gasteiger partial charge in [0.15, 0.2) is 47.7 Å². The Balaban J connectivity index is 0.871. The Labute approximate surface area is 445 Å². The van der Waals surface area contributed by atoms with E-state index in [4.69, 9.17) is 28.8 Å². The van der Waals surface area contributed by atoms with Crippen molar-refractivity contribution in [1.29, 1.82) is 0 Å². The zero-order chi connectivity index (χ0) is 55.8. The number of benzene rings is 1. The van der Waals surface area contributed by atoms with E-state index in [9.17, 15) is 43.3 Å². The number of nitrogens with two attached hydrogens (primary N) is 1. The number of imidazole rings is 1. The summed E-state index contributed by atoms with van der Waals surface area (Å²) in [5.41, 5.74) is 5.71. The summed E-state index contributed by atoms with van der Waals surface area (Å²) in [7, 11) is -5.05. The molecule has 0 spiro atoms. The highest BCUT2D eigenvalue weighted by Crippen LogP contribution is 2.65. The molecule has 5 aromatic rings. The molecule has 0 saturated carbocycles. The number of alkyl halides is 1. The number of aromatic nitrogens is 7. The third kappa shape index (κ3) is 12.1. The highest BCUT2D eigenvalue weighted by molar-refractivity contribution is 8.54. The van der Waals surface area contributed by atoms with Gasteiger partial charge in [0.1, 0.15) is 41.6 Å². The van der Waals surface area contributed by atoms with Crippen molar-refractivity contribution in [2.45, 2.75) is 108 Å². The van der Waals surface area contributed by atoms with Crippen molar-refractivity contribution in [2.24, 2.45) is 11.8 Å². The maximum Gasteiger partial charge on any atom is 0.390 e. The van der Waals surface area contributed by atoms with E-state index in [1.54, 1.807) is 26.0 Å². The van der Waals surface area contributed by atoms with E-state index in [0.717, 1.165) is 39.2 Å². The normalized spacial score (nSPS) is 28.1. The number of aromatic amines is 1. The van der Waals surface area contributed by atoms with Crippen molar-refractivity contribution in [2.75, 3.05) is 30.4 Å². The van der Waals surface area contributed by atoms with E-state index < -0.39 is 117 Å². The molecule has 4 aliphatic rings. The molecule has 418 valence electrons. The van der Waals surface area contributed by atoms with Crippen LogP contribution >= 0.6 is 25.8 Å². The number of ether oxygens (including phenoxy) is 2. The third-order valence-electron chi connectivity index (χ3n) is 13.3. The number of rotatable bonds is 17. The van der Waals surface area contributed by atoms with Crippen molar-refractivity contribution in [1.82, 2.24) is 49.6 Å². The molecule has 8 heterocycles. The number of nitrogens with one attached hydrogen (secondary N) is 4. The minimum Gasteiger partial charge on any atom is -0.390 e. The maximum atomic E-state index is 17.0. The predicted octanol–water partition coefficient (Wildman–Crippen LogP) is 3.08. The van der Waals surface area contributed by atoms with E-state index >= 15 is 13.3 Å². The summed E-state index contributed by atoms with van der Waals surface area (Å²) < 4.78 is 93.1. The Morgan fingerprint density at radius 2 is 1.68 bits per heavy atom. The van der Waals surface area contributed by atoms with Gasteiger partial charge in [0.25, 0.3) is 17.4 Å². The molecular formula is C46H54F2N12O15P2S. The van der Waals surface area contributed by atoms with Gasteiger partial charge < -0.3 is 50.7 Å². The number of aliphatic hydroxyl groups excluding tert-OH is 1. The second-order valence-corrected chi connectivity index (χ2v) is 25.0. The van der Waals surface area contributed by atoms with Gasteiger partial charge in [0.05, 0.1) is 31.5 Å². The van der Waals surface area contributed by atoms with Crippen LogP contribution < -0.4 is 27.2 Å². The molecule has 9 rings (SSSR count). The molecule has 3 fully saturated rings. The number of anilines is 2. The van der Waals surface area contributed by atoms with Crippen LogP contribution in [0.5, 0.6) is 0 Å². The molecule has 12 atom stereocenters. The number of fused-ring (bicyclic) bond motifs is 5. The lowest BCUT2D eigenvalue weighted by Crippen LogP contribution is -2.53. The molecule has 3 saturated heterocycles.